The van der Waals surface area contributed by atoms with E-state index in [9.17, 15) is 4.79 Å². The lowest BCUT2D eigenvalue weighted by atomic mass is 9.84. The molecule has 6 rings (SSSR count). The quantitative estimate of drug-likeness (QED) is 0.490. The normalized spacial score (nSPS) is 26.4. The van der Waals surface area contributed by atoms with Crippen LogP contribution in [-0.2, 0) is 6.54 Å². The highest BCUT2D eigenvalue weighted by molar-refractivity contribution is 5.76. The molecule has 1 saturated heterocycles. The van der Waals surface area contributed by atoms with Crippen molar-refractivity contribution < 1.29 is 4.79 Å². The van der Waals surface area contributed by atoms with Gasteiger partial charge in [0.05, 0.1) is 17.6 Å². The van der Waals surface area contributed by atoms with E-state index in [1.807, 2.05) is 24.3 Å². The highest BCUT2D eigenvalue weighted by atomic mass is 16.2. The van der Waals surface area contributed by atoms with Crippen LogP contribution < -0.4 is 10.6 Å². The predicted octanol–water partition coefficient (Wildman–Crippen LogP) is 5.20. The molecule has 6 nitrogen and oxygen atoms in total. The molecule has 3 heterocycles. The minimum Gasteiger partial charge on any atom is -0.340 e. The molecule has 1 saturated carbocycles. The molecule has 2 unspecified atom stereocenters. The van der Waals surface area contributed by atoms with Gasteiger partial charge >= 0.3 is 6.03 Å². The van der Waals surface area contributed by atoms with Crippen molar-refractivity contribution in [2.75, 3.05) is 6.54 Å². The number of rotatable bonds is 6. The Labute approximate surface area is 195 Å². The minimum absolute atomic E-state index is 0.0923. The van der Waals surface area contributed by atoms with Crippen LogP contribution in [0.4, 0.5) is 4.79 Å². The SMILES string of the molecule is O=C(NCc1nc2ccccc2[nH]1)NC1CCC(CCN2C3CCC2c2ccccc23)CC1. The first-order valence-electron chi connectivity index (χ1n) is 12.6. The van der Waals surface area contributed by atoms with Gasteiger partial charge in [0.25, 0.3) is 0 Å². The summed E-state index contributed by atoms with van der Waals surface area (Å²) in [5.41, 5.74) is 5.09. The zero-order chi connectivity index (χ0) is 22.2. The number of aromatic amines is 1. The van der Waals surface area contributed by atoms with Gasteiger partial charge in [0.1, 0.15) is 5.82 Å². The van der Waals surface area contributed by atoms with E-state index < -0.39 is 0 Å². The largest absolute Gasteiger partial charge is 0.340 e. The van der Waals surface area contributed by atoms with Crippen LogP contribution in [0.2, 0.25) is 0 Å². The molecule has 1 aliphatic carbocycles. The van der Waals surface area contributed by atoms with E-state index >= 15 is 0 Å². The molecule has 3 aromatic rings. The fraction of sp³-hybridized carbons (Fsp3) is 0.481. The number of hydrogen-bond donors (Lipinski definition) is 3. The summed E-state index contributed by atoms with van der Waals surface area (Å²) in [6, 6.07) is 18.5. The molecule has 2 bridgehead atoms. The maximum absolute atomic E-state index is 12.4. The van der Waals surface area contributed by atoms with Crippen LogP contribution in [0.15, 0.2) is 48.5 Å². The number of nitrogens with zero attached hydrogens (tertiary/aromatic N) is 2. The van der Waals surface area contributed by atoms with Gasteiger partial charge in [0.15, 0.2) is 0 Å². The average molecular weight is 444 g/mol. The fourth-order valence-electron chi connectivity index (χ4n) is 6.38. The van der Waals surface area contributed by atoms with Crippen LogP contribution in [0.25, 0.3) is 11.0 Å². The minimum atomic E-state index is -0.0923. The van der Waals surface area contributed by atoms with Crippen molar-refractivity contribution in [1.29, 1.82) is 0 Å². The Balaban J connectivity index is 0.931. The zero-order valence-corrected chi connectivity index (χ0v) is 19.1. The number of fused-ring (bicyclic) bond motifs is 6. The second kappa shape index (κ2) is 8.82. The van der Waals surface area contributed by atoms with Gasteiger partial charge in [0.2, 0.25) is 0 Å². The van der Waals surface area contributed by atoms with E-state index in [1.165, 1.54) is 38.6 Å². The Morgan fingerprint density at radius 1 is 0.939 bits per heavy atom. The van der Waals surface area contributed by atoms with Crippen molar-refractivity contribution in [3.63, 3.8) is 0 Å². The van der Waals surface area contributed by atoms with E-state index in [0.29, 0.717) is 18.6 Å². The number of amides is 2. The topological polar surface area (TPSA) is 73.0 Å². The van der Waals surface area contributed by atoms with Gasteiger partial charge in [-0.3, -0.25) is 4.90 Å². The predicted molar refractivity (Wildman–Crippen MR) is 130 cm³/mol. The van der Waals surface area contributed by atoms with Gasteiger partial charge in [-0.05, 0) is 80.7 Å². The number of nitrogens with one attached hydrogen (secondary N) is 3. The van der Waals surface area contributed by atoms with E-state index in [1.54, 1.807) is 11.1 Å². The number of imidazole rings is 1. The van der Waals surface area contributed by atoms with E-state index in [4.69, 9.17) is 0 Å². The molecule has 6 heteroatoms. The van der Waals surface area contributed by atoms with Crippen LogP contribution in [0.1, 0.15) is 74.0 Å². The average Bonchev–Trinajstić information content (AvgIpc) is 3.54. The lowest BCUT2D eigenvalue weighted by molar-refractivity contribution is 0.185. The summed E-state index contributed by atoms with van der Waals surface area (Å²) in [7, 11) is 0. The molecular formula is C27H33N5O. The highest BCUT2D eigenvalue weighted by Gasteiger charge is 2.43. The Hall–Kier alpha value is -2.86. The summed E-state index contributed by atoms with van der Waals surface area (Å²) in [6.45, 7) is 1.63. The highest BCUT2D eigenvalue weighted by Crippen LogP contribution is 2.53. The number of hydrogen-bond acceptors (Lipinski definition) is 3. The molecule has 2 aromatic carbocycles. The van der Waals surface area contributed by atoms with E-state index in [0.717, 1.165) is 35.6 Å². The van der Waals surface area contributed by atoms with Gasteiger partial charge in [-0.15, -0.1) is 0 Å². The molecular weight excluding hydrogens is 410 g/mol. The fourth-order valence-corrected chi connectivity index (χ4v) is 6.38. The van der Waals surface area contributed by atoms with Crippen LogP contribution >= 0.6 is 0 Å². The van der Waals surface area contributed by atoms with Gasteiger partial charge < -0.3 is 15.6 Å². The Morgan fingerprint density at radius 2 is 1.64 bits per heavy atom. The van der Waals surface area contributed by atoms with Gasteiger partial charge in [0, 0.05) is 18.1 Å². The lowest BCUT2D eigenvalue weighted by Gasteiger charge is -2.31. The van der Waals surface area contributed by atoms with Crippen molar-refractivity contribution in [2.24, 2.45) is 5.92 Å². The molecule has 2 aliphatic heterocycles. The first kappa shape index (κ1) is 20.7. The maximum Gasteiger partial charge on any atom is 0.315 e. The Bertz CT molecular complexity index is 1070. The molecule has 3 N–H and O–H groups in total. The number of benzene rings is 2. The third-order valence-electron chi connectivity index (χ3n) is 8.06. The molecule has 2 amide bonds. The van der Waals surface area contributed by atoms with E-state index in [2.05, 4.69) is 49.8 Å². The monoisotopic (exact) mass is 443 g/mol. The Morgan fingerprint density at radius 3 is 2.36 bits per heavy atom. The van der Waals surface area contributed by atoms with Crippen molar-refractivity contribution in [3.8, 4) is 0 Å². The number of H-pyrrole nitrogens is 1. The second-order valence-electron chi connectivity index (χ2n) is 10.0. The first-order chi connectivity index (χ1) is 16.2. The van der Waals surface area contributed by atoms with Crippen LogP contribution in [-0.4, -0.2) is 33.5 Å². The number of carbonyl (C=O) groups excluding carboxylic acids is 1. The second-order valence-corrected chi connectivity index (χ2v) is 10.0. The molecule has 2 fully saturated rings. The maximum atomic E-state index is 12.4. The summed E-state index contributed by atoms with van der Waals surface area (Å²) in [4.78, 5) is 22.9. The van der Waals surface area contributed by atoms with Crippen molar-refractivity contribution >= 4 is 17.1 Å². The smallest absolute Gasteiger partial charge is 0.315 e. The van der Waals surface area contributed by atoms with E-state index in [-0.39, 0.29) is 12.1 Å². The Kier molecular flexibility index (Phi) is 5.54. The first-order valence-corrected chi connectivity index (χ1v) is 12.6. The summed E-state index contributed by atoms with van der Waals surface area (Å²) in [6.07, 6.45) is 8.51. The molecule has 33 heavy (non-hydrogen) atoms. The standard InChI is InChI=1S/C27H33N5O/c33-27(28-17-26-30-22-7-3-4-8-23(22)31-26)29-19-11-9-18(10-12-19)15-16-32-24-13-14-25(32)21-6-2-1-5-20(21)24/h1-8,18-19,24-25H,9-17H2,(H,30,31)(H2,28,29,33). The summed E-state index contributed by atoms with van der Waals surface area (Å²) in [5, 5.41) is 6.13. The van der Waals surface area contributed by atoms with Crippen molar-refractivity contribution in [2.45, 2.75) is 69.6 Å². The lowest BCUT2D eigenvalue weighted by Crippen LogP contribution is -2.43. The summed E-state index contributed by atoms with van der Waals surface area (Å²) >= 11 is 0. The molecule has 0 spiro atoms. The third-order valence-corrected chi connectivity index (χ3v) is 8.06. The van der Waals surface area contributed by atoms with Crippen LogP contribution in [0.3, 0.4) is 0 Å². The number of carbonyl (C=O) groups is 1. The van der Waals surface area contributed by atoms with Crippen LogP contribution in [0.5, 0.6) is 0 Å². The summed E-state index contributed by atoms with van der Waals surface area (Å²) in [5.74, 6) is 1.57. The summed E-state index contributed by atoms with van der Waals surface area (Å²) < 4.78 is 0. The molecule has 172 valence electrons. The molecule has 2 atom stereocenters. The van der Waals surface area contributed by atoms with Crippen LogP contribution in [0, 0.1) is 5.92 Å². The molecule has 1 aromatic heterocycles. The van der Waals surface area contributed by atoms with Crippen molar-refractivity contribution in [1.82, 2.24) is 25.5 Å². The van der Waals surface area contributed by atoms with Gasteiger partial charge in [-0.25, -0.2) is 9.78 Å². The van der Waals surface area contributed by atoms with Gasteiger partial charge in [-0.1, -0.05) is 36.4 Å². The van der Waals surface area contributed by atoms with Gasteiger partial charge in [-0.2, -0.15) is 0 Å². The van der Waals surface area contributed by atoms with Crippen molar-refractivity contribution in [3.05, 3.63) is 65.5 Å². The number of urea groups is 1. The zero-order valence-electron chi connectivity index (χ0n) is 19.1. The molecule has 3 aliphatic rings. The molecule has 0 radical (unpaired) electrons. The third kappa shape index (κ3) is 4.12. The number of para-hydroxylation sites is 2. The number of aromatic nitrogens is 2.